The van der Waals surface area contributed by atoms with E-state index in [2.05, 4.69) is 16.0 Å². The lowest BCUT2D eigenvalue weighted by Gasteiger charge is -2.14. The fraction of sp³-hybridized carbons (Fsp3) is 0.385. The Bertz CT molecular complexity index is 494. The van der Waals surface area contributed by atoms with Crippen molar-refractivity contribution in [2.45, 2.75) is 19.9 Å². The van der Waals surface area contributed by atoms with Gasteiger partial charge >= 0.3 is 6.03 Å². The first-order valence-electron chi connectivity index (χ1n) is 6.06. The summed E-state index contributed by atoms with van der Waals surface area (Å²) in [6.45, 7) is 3.65. The molecule has 6 nitrogen and oxygen atoms in total. The number of hydrogen-bond donors (Lipinski definition) is 3. The molecule has 1 aromatic rings. The van der Waals surface area contributed by atoms with Crippen LogP contribution in [0.4, 0.5) is 16.2 Å². The smallest absolute Gasteiger partial charge is 0.319 e. The van der Waals surface area contributed by atoms with Crippen LogP contribution < -0.4 is 16.0 Å². The SMILES string of the molecule is COCC(C)NC(=O)Nc1ccc(NC(C)=O)cc1Cl. The fourth-order valence-corrected chi connectivity index (χ4v) is 1.80. The minimum atomic E-state index is -0.372. The summed E-state index contributed by atoms with van der Waals surface area (Å²) in [4.78, 5) is 22.6. The number of amides is 3. The molecule has 7 heteroatoms. The lowest BCUT2D eigenvalue weighted by molar-refractivity contribution is -0.114. The predicted molar refractivity (Wildman–Crippen MR) is 79.2 cm³/mol. The van der Waals surface area contributed by atoms with E-state index in [9.17, 15) is 9.59 Å². The highest BCUT2D eigenvalue weighted by Crippen LogP contribution is 2.25. The van der Waals surface area contributed by atoms with E-state index in [1.165, 1.54) is 6.92 Å². The van der Waals surface area contributed by atoms with Crippen molar-refractivity contribution in [1.29, 1.82) is 0 Å². The molecule has 0 spiro atoms. The van der Waals surface area contributed by atoms with Crippen molar-refractivity contribution in [1.82, 2.24) is 5.32 Å². The minimum absolute atomic E-state index is 0.113. The maximum absolute atomic E-state index is 11.7. The lowest BCUT2D eigenvalue weighted by atomic mass is 10.2. The van der Waals surface area contributed by atoms with E-state index >= 15 is 0 Å². The number of hydrogen-bond acceptors (Lipinski definition) is 3. The molecular weight excluding hydrogens is 282 g/mol. The van der Waals surface area contributed by atoms with E-state index in [-0.39, 0.29) is 18.0 Å². The maximum atomic E-state index is 11.7. The second-order valence-electron chi connectivity index (χ2n) is 4.33. The summed E-state index contributed by atoms with van der Waals surface area (Å²) in [6, 6.07) is 4.36. The number of nitrogens with one attached hydrogen (secondary N) is 3. The molecule has 0 heterocycles. The lowest BCUT2D eigenvalue weighted by Crippen LogP contribution is -2.38. The van der Waals surface area contributed by atoms with Crippen LogP contribution in [0.3, 0.4) is 0 Å². The third-order valence-electron chi connectivity index (χ3n) is 2.33. The van der Waals surface area contributed by atoms with Crippen LogP contribution in [-0.4, -0.2) is 31.7 Å². The monoisotopic (exact) mass is 299 g/mol. The number of methoxy groups -OCH3 is 1. The number of carbonyl (C=O) groups is 2. The maximum Gasteiger partial charge on any atom is 0.319 e. The van der Waals surface area contributed by atoms with Gasteiger partial charge in [-0.05, 0) is 25.1 Å². The van der Waals surface area contributed by atoms with Crippen LogP contribution in [0.2, 0.25) is 5.02 Å². The Morgan fingerprint density at radius 3 is 2.60 bits per heavy atom. The normalized spacial score (nSPS) is 11.6. The number of urea groups is 1. The fourth-order valence-electron chi connectivity index (χ4n) is 1.57. The van der Waals surface area contributed by atoms with Gasteiger partial charge in [0.15, 0.2) is 0 Å². The molecule has 1 aromatic carbocycles. The second kappa shape index (κ2) is 7.72. The van der Waals surface area contributed by atoms with Crippen LogP contribution in [0.15, 0.2) is 18.2 Å². The Morgan fingerprint density at radius 2 is 2.05 bits per heavy atom. The van der Waals surface area contributed by atoms with E-state index in [0.29, 0.717) is 23.0 Å². The van der Waals surface area contributed by atoms with Gasteiger partial charge in [-0.3, -0.25) is 4.79 Å². The quantitative estimate of drug-likeness (QED) is 0.781. The summed E-state index contributed by atoms with van der Waals surface area (Å²) in [6.07, 6.45) is 0. The Hall–Kier alpha value is -1.79. The largest absolute Gasteiger partial charge is 0.383 e. The van der Waals surface area contributed by atoms with E-state index in [1.807, 2.05) is 6.92 Å². The average molecular weight is 300 g/mol. The summed E-state index contributed by atoms with van der Waals surface area (Å²) in [5, 5.41) is 8.28. The predicted octanol–water partition coefficient (Wildman–Crippen LogP) is 2.45. The first-order valence-corrected chi connectivity index (χ1v) is 6.43. The number of halogens is 1. The first kappa shape index (κ1) is 16.3. The van der Waals surface area contributed by atoms with E-state index in [0.717, 1.165) is 0 Å². The standard InChI is InChI=1S/C13H18ClN3O3/c1-8(7-20-3)15-13(19)17-12-5-4-10(6-11(12)14)16-9(2)18/h4-6,8H,7H2,1-3H3,(H,16,18)(H2,15,17,19). The molecule has 0 aliphatic rings. The van der Waals surface area contributed by atoms with Crippen molar-refractivity contribution < 1.29 is 14.3 Å². The number of benzene rings is 1. The zero-order valence-electron chi connectivity index (χ0n) is 11.6. The summed E-state index contributed by atoms with van der Waals surface area (Å²) in [5.41, 5.74) is 1.03. The van der Waals surface area contributed by atoms with E-state index in [1.54, 1.807) is 25.3 Å². The van der Waals surface area contributed by atoms with Gasteiger partial charge in [0.2, 0.25) is 5.91 Å². The van der Waals surface area contributed by atoms with E-state index < -0.39 is 0 Å². The molecule has 0 saturated carbocycles. The third-order valence-corrected chi connectivity index (χ3v) is 2.64. The van der Waals surface area contributed by atoms with Gasteiger partial charge in [-0.15, -0.1) is 0 Å². The zero-order valence-corrected chi connectivity index (χ0v) is 12.4. The molecular formula is C13H18ClN3O3. The highest BCUT2D eigenvalue weighted by molar-refractivity contribution is 6.34. The number of carbonyl (C=O) groups excluding carboxylic acids is 2. The van der Waals surface area contributed by atoms with Crippen LogP contribution in [-0.2, 0) is 9.53 Å². The van der Waals surface area contributed by atoms with Gasteiger partial charge in [0.1, 0.15) is 0 Å². The Morgan fingerprint density at radius 1 is 1.35 bits per heavy atom. The van der Waals surface area contributed by atoms with Gasteiger partial charge in [-0.2, -0.15) is 0 Å². The molecule has 0 bridgehead atoms. The van der Waals surface area contributed by atoms with Gasteiger partial charge < -0.3 is 20.7 Å². The molecule has 0 aliphatic heterocycles. The van der Waals surface area contributed by atoms with Crippen molar-refractivity contribution in [3.8, 4) is 0 Å². The van der Waals surface area contributed by atoms with Gasteiger partial charge in [0, 0.05) is 19.7 Å². The Kier molecular flexibility index (Phi) is 6.27. The molecule has 0 aliphatic carbocycles. The summed E-state index contributed by atoms with van der Waals surface area (Å²) < 4.78 is 4.92. The molecule has 1 unspecified atom stereocenters. The number of anilines is 2. The summed E-state index contributed by atoms with van der Waals surface area (Å²) in [5.74, 6) is -0.187. The van der Waals surface area contributed by atoms with Gasteiger partial charge in [0.25, 0.3) is 0 Å². The highest BCUT2D eigenvalue weighted by atomic mass is 35.5. The number of rotatable bonds is 5. The molecule has 0 radical (unpaired) electrons. The topological polar surface area (TPSA) is 79.5 Å². The molecule has 110 valence electrons. The van der Waals surface area contributed by atoms with Crippen molar-refractivity contribution in [3.63, 3.8) is 0 Å². The molecule has 0 aromatic heterocycles. The number of ether oxygens (including phenoxy) is 1. The van der Waals surface area contributed by atoms with Crippen molar-refractivity contribution >= 4 is 34.9 Å². The van der Waals surface area contributed by atoms with Crippen molar-refractivity contribution in [2.24, 2.45) is 0 Å². The molecule has 3 amide bonds. The van der Waals surface area contributed by atoms with Crippen LogP contribution in [0, 0.1) is 0 Å². The molecule has 0 saturated heterocycles. The molecule has 0 fully saturated rings. The Labute approximate surface area is 122 Å². The van der Waals surface area contributed by atoms with Crippen LogP contribution in [0.25, 0.3) is 0 Å². The van der Waals surface area contributed by atoms with Crippen molar-refractivity contribution in [3.05, 3.63) is 23.2 Å². The van der Waals surface area contributed by atoms with Crippen molar-refractivity contribution in [2.75, 3.05) is 24.4 Å². The second-order valence-corrected chi connectivity index (χ2v) is 4.74. The van der Waals surface area contributed by atoms with Gasteiger partial charge in [-0.25, -0.2) is 4.79 Å². The Balaban J connectivity index is 2.64. The summed E-state index contributed by atoms with van der Waals surface area (Å²) >= 11 is 6.04. The molecule has 3 N–H and O–H groups in total. The van der Waals surface area contributed by atoms with E-state index in [4.69, 9.17) is 16.3 Å². The minimum Gasteiger partial charge on any atom is -0.383 e. The summed E-state index contributed by atoms with van der Waals surface area (Å²) in [7, 11) is 1.56. The molecule has 1 atom stereocenters. The van der Waals surface area contributed by atoms with Crippen LogP contribution in [0.5, 0.6) is 0 Å². The third kappa shape index (κ3) is 5.46. The first-order chi connectivity index (χ1) is 9.42. The van der Waals surface area contributed by atoms with Crippen LogP contribution in [0.1, 0.15) is 13.8 Å². The van der Waals surface area contributed by atoms with Gasteiger partial charge in [0.05, 0.1) is 23.4 Å². The van der Waals surface area contributed by atoms with Crippen LogP contribution >= 0.6 is 11.6 Å². The van der Waals surface area contributed by atoms with Gasteiger partial charge in [-0.1, -0.05) is 11.6 Å². The molecule has 20 heavy (non-hydrogen) atoms. The highest BCUT2D eigenvalue weighted by Gasteiger charge is 2.09. The zero-order chi connectivity index (χ0) is 15.1. The average Bonchev–Trinajstić information content (AvgIpc) is 2.32. The molecule has 1 rings (SSSR count).